The summed E-state index contributed by atoms with van der Waals surface area (Å²) in [4.78, 5) is 12.6. The fraction of sp³-hybridized carbons (Fsp3) is 0.474. The maximum absolute atomic E-state index is 12.4. The summed E-state index contributed by atoms with van der Waals surface area (Å²) in [7, 11) is -3.57. The summed E-state index contributed by atoms with van der Waals surface area (Å²) in [6, 6.07) is 8.20. The van der Waals surface area contributed by atoms with Gasteiger partial charge < -0.3 is 5.32 Å². The van der Waals surface area contributed by atoms with Crippen LogP contribution in [-0.2, 0) is 16.6 Å². The second-order valence-electron chi connectivity index (χ2n) is 7.35. The highest BCUT2D eigenvalue weighted by atomic mass is 32.2. The summed E-state index contributed by atoms with van der Waals surface area (Å²) in [6.45, 7) is 7.19. The first kappa shape index (κ1) is 19.6. The van der Waals surface area contributed by atoms with Gasteiger partial charge in [0.2, 0.25) is 10.0 Å². The Bertz CT molecular complexity index is 932. The van der Waals surface area contributed by atoms with Gasteiger partial charge in [0, 0.05) is 30.4 Å². The quantitative estimate of drug-likeness (QED) is 0.721. The first-order chi connectivity index (χ1) is 12.7. The number of rotatable bonds is 8. The minimum Gasteiger partial charge on any atom is -0.352 e. The van der Waals surface area contributed by atoms with E-state index in [9.17, 15) is 13.2 Å². The molecule has 2 N–H and O–H groups in total. The van der Waals surface area contributed by atoms with Crippen molar-refractivity contribution in [2.75, 3.05) is 6.54 Å². The molecule has 0 bridgehead atoms. The van der Waals surface area contributed by atoms with Gasteiger partial charge in [0.05, 0.1) is 10.6 Å². The fourth-order valence-electron chi connectivity index (χ4n) is 2.88. The number of hydrogen-bond acceptors (Lipinski definition) is 4. The Morgan fingerprint density at radius 3 is 2.67 bits per heavy atom. The molecule has 1 atom stereocenters. The van der Waals surface area contributed by atoms with Gasteiger partial charge in [-0.05, 0) is 56.9 Å². The van der Waals surface area contributed by atoms with Crippen LogP contribution in [0.1, 0.15) is 41.5 Å². The molecule has 7 nitrogen and oxygen atoms in total. The van der Waals surface area contributed by atoms with E-state index in [4.69, 9.17) is 0 Å². The zero-order valence-corrected chi connectivity index (χ0v) is 16.7. The first-order valence-electron chi connectivity index (χ1n) is 9.16. The number of nitrogens with one attached hydrogen (secondary N) is 2. The Labute approximate surface area is 160 Å². The summed E-state index contributed by atoms with van der Waals surface area (Å²) >= 11 is 0. The van der Waals surface area contributed by atoms with Gasteiger partial charge in [0.25, 0.3) is 5.91 Å². The highest BCUT2D eigenvalue weighted by molar-refractivity contribution is 7.89. The highest BCUT2D eigenvalue weighted by Crippen LogP contribution is 2.22. The number of carbonyl (C=O) groups excluding carboxylic acids is 1. The Kier molecular flexibility index (Phi) is 5.67. The third-order valence-electron chi connectivity index (χ3n) is 4.50. The van der Waals surface area contributed by atoms with Crippen LogP contribution in [0.3, 0.4) is 0 Å². The fourth-order valence-corrected chi connectivity index (χ4v) is 4.23. The van der Waals surface area contributed by atoms with Gasteiger partial charge in [-0.2, -0.15) is 5.10 Å². The van der Waals surface area contributed by atoms with E-state index in [0.29, 0.717) is 18.7 Å². The van der Waals surface area contributed by atoms with E-state index in [1.807, 2.05) is 31.5 Å². The number of benzene rings is 1. The van der Waals surface area contributed by atoms with Crippen LogP contribution in [0.4, 0.5) is 0 Å². The predicted octanol–water partition coefficient (Wildman–Crippen LogP) is 2.01. The van der Waals surface area contributed by atoms with Crippen LogP contribution in [0, 0.1) is 19.8 Å². The van der Waals surface area contributed by atoms with Crippen molar-refractivity contribution in [1.82, 2.24) is 19.8 Å². The van der Waals surface area contributed by atoms with Gasteiger partial charge in [0.1, 0.15) is 0 Å². The van der Waals surface area contributed by atoms with E-state index in [2.05, 4.69) is 15.1 Å². The lowest BCUT2D eigenvalue weighted by molar-refractivity contribution is 0.0946. The normalized spacial score (nSPS) is 15.5. The smallest absolute Gasteiger partial charge is 0.251 e. The van der Waals surface area contributed by atoms with E-state index in [0.717, 1.165) is 24.2 Å². The SMILES string of the molecule is Cc1cc(C)n(C[C@@H](C)CNC(=O)c2cccc(S(=O)(=O)NC3CC3)c2)n1. The zero-order chi connectivity index (χ0) is 19.6. The maximum Gasteiger partial charge on any atom is 0.251 e. The van der Waals surface area contributed by atoms with Gasteiger partial charge in [-0.15, -0.1) is 0 Å². The molecule has 1 saturated carbocycles. The molecule has 0 spiro atoms. The summed E-state index contributed by atoms with van der Waals surface area (Å²) in [6.07, 6.45) is 1.74. The summed E-state index contributed by atoms with van der Waals surface area (Å²) in [5.41, 5.74) is 2.40. The lowest BCUT2D eigenvalue weighted by Gasteiger charge is -2.14. The van der Waals surface area contributed by atoms with Crippen LogP contribution >= 0.6 is 0 Å². The van der Waals surface area contributed by atoms with Crippen LogP contribution in [-0.4, -0.2) is 36.7 Å². The van der Waals surface area contributed by atoms with Crippen LogP contribution in [0.25, 0.3) is 0 Å². The lowest BCUT2D eigenvalue weighted by Crippen LogP contribution is -2.31. The molecule has 3 rings (SSSR count). The Hall–Kier alpha value is -2.19. The van der Waals surface area contributed by atoms with Gasteiger partial charge in [-0.3, -0.25) is 9.48 Å². The minimum absolute atomic E-state index is 0.0303. The summed E-state index contributed by atoms with van der Waals surface area (Å²) in [5.74, 6) is -0.0888. The van der Waals surface area contributed by atoms with Gasteiger partial charge in [-0.25, -0.2) is 13.1 Å². The molecular formula is C19H26N4O3S. The van der Waals surface area contributed by atoms with Crippen molar-refractivity contribution in [2.24, 2.45) is 5.92 Å². The topological polar surface area (TPSA) is 93.1 Å². The largest absolute Gasteiger partial charge is 0.352 e. The van der Waals surface area contributed by atoms with Crippen molar-refractivity contribution < 1.29 is 13.2 Å². The van der Waals surface area contributed by atoms with Crippen molar-refractivity contribution in [2.45, 2.75) is 51.1 Å². The van der Waals surface area contributed by atoms with E-state index in [1.54, 1.807) is 12.1 Å². The molecule has 0 radical (unpaired) electrons. The molecule has 1 aromatic heterocycles. The number of amides is 1. The van der Waals surface area contributed by atoms with Crippen molar-refractivity contribution in [3.05, 3.63) is 47.3 Å². The molecule has 1 heterocycles. The Morgan fingerprint density at radius 1 is 1.30 bits per heavy atom. The van der Waals surface area contributed by atoms with Crippen molar-refractivity contribution in [1.29, 1.82) is 0 Å². The first-order valence-corrected chi connectivity index (χ1v) is 10.6. The second kappa shape index (κ2) is 7.82. The van der Waals surface area contributed by atoms with Gasteiger partial charge in [-0.1, -0.05) is 13.0 Å². The van der Waals surface area contributed by atoms with E-state index in [1.165, 1.54) is 12.1 Å². The number of aromatic nitrogens is 2. The summed E-state index contributed by atoms with van der Waals surface area (Å²) in [5, 5.41) is 7.31. The van der Waals surface area contributed by atoms with E-state index < -0.39 is 10.0 Å². The van der Waals surface area contributed by atoms with Crippen molar-refractivity contribution >= 4 is 15.9 Å². The van der Waals surface area contributed by atoms with Crippen LogP contribution < -0.4 is 10.0 Å². The lowest BCUT2D eigenvalue weighted by atomic mass is 10.1. The molecule has 1 aromatic carbocycles. The van der Waals surface area contributed by atoms with Crippen LogP contribution in [0.5, 0.6) is 0 Å². The standard InChI is InChI=1S/C19H26N4O3S/c1-13(12-23-15(3)9-14(2)21-23)11-20-19(24)16-5-4-6-18(10-16)27(25,26)22-17-7-8-17/h4-6,9-10,13,17,22H,7-8,11-12H2,1-3H3,(H,20,24)/t13-/m0/s1. The molecule has 1 fully saturated rings. The minimum atomic E-state index is -3.57. The highest BCUT2D eigenvalue weighted by Gasteiger charge is 2.28. The molecule has 0 aliphatic heterocycles. The molecule has 1 aliphatic carbocycles. The van der Waals surface area contributed by atoms with Crippen LogP contribution in [0.15, 0.2) is 35.2 Å². The summed E-state index contributed by atoms with van der Waals surface area (Å²) < 4.78 is 29.2. The van der Waals surface area contributed by atoms with Gasteiger partial charge >= 0.3 is 0 Å². The zero-order valence-electron chi connectivity index (χ0n) is 15.9. The molecule has 2 aromatic rings. The van der Waals surface area contributed by atoms with Crippen molar-refractivity contribution in [3.8, 4) is 0 Å². The number of sulfonamides is 1. The predicted molar refractivity (Wildman–Crippen MR) is 103 cm³/mol. The number of carbonyl (C=O) groups is 1. The third-order valence-corrected chi connectivity index (χ3v) is 6.02. The molecule has 1 aliphatic rings. The van der Waals surface area contributed by atoms with E-state index in [-0.39, 0.29) is 22.8 Å². The Balaban J connectivity index is 1.59. The number of aryl methyl sites for hydroxylation is 2. The molecule has 0 saturated heterocycles. The average Bonchev–Trinajstić information content (AvgIpc) is 3.36. The molecule has 0 unspecified atom stereocenters. The number of nitrogens with zero attached hydrogens (tertiary/aromatic N) is 2. The molecule has 146 valence electrons. The second-order valence-corrected chi connectivity index (χ2v) is 9.06. The molecular weight excluding hydrogens is 364 g/mol. The third kappa shape index (κ3) is 5.17. The Morgan fingerprint density at radius 2 is 2.04 bits per heavy atom. The van der Waals surface area contributed by atoms with Gasteiger partial charge in [0.15, 0.2) is 0 Å². The average molecular weight is 391 g/mol. The molecule has 27 heavy (non-hydrogen) atoms. The molecule has 8 heteroatoms. The van der Waals surface area contributed by atoms with Crippen LogP contribution in [0.2, 0.25) is 0 Å². The molecule has 1 amide bonds. The number of hydrogen-bond donors (Lipinski definition) is 2. The van der Waals surface area contributed by atoms with E-state index >= 15 is 0 Å². The van der Waals surface area contributed by atoms with Crippen molar-refractivity contribution in [3.63, 3.8) is 0 Å². The maximum atomic E-state index is 12.4. The monoisotopic (exact) mass is 390 g/mol.